The van der Waals surface area contributed by atoms with Crippen LogP contribution in [0.2, 0.25) is 0 Å². The maximum atomic E-state index is 12.4. The number of amides is 2. The number of thioether (sulfide) groups is 1. The van der Waals surface area contributed by atoms with Crippen molar-refractivity contribution in [3.63, 3.8) is 0 Å². The lowest BCUT2D eigenvalue weighted by molar-refractivity contribution is -0.00485. The molecule has 2 amide bonds. The Morgan fingerprint density at radius 2 is 2.33 bits per heavy atom. The van der Waals surface area contributed by atoms with Crippen molar-refractivity contribution >= 4 is 23.5 Å². The Bertz CT molecular complexity index is 470. The number of morpholine rings is 1. The van der Waals surface area contributed by atoms with Gasteiger partial charge in [0.05, 0.1) is 31.5 Å². The van der Waals surface area contributed by atoms with Crippen molar-refractivity contribution in [3.05, 3.63) is 24.3 Å². The van der Waals surface area contributed by atoms with Gasteiger partial charge in [-0.05, 0) is 24.3 Å². The van der Waals surface area contributed by atoms with Crippen LogP contribution in [0.25, 0.3) is 0 Å². The zero-order chi connectivity index (χ0) is 15.1. The van der Waals surface area contributed by atoms with Crippen LogP contribution in [0.3, 0.4) is 0 Å². The molecule has 0 unspecified atom stereocenters. The number of nitrogens with one attached hydrogen (secondary N) is 1. The number of aliphatic hydroxyl groups is 1. The van der Waals surface area contributed by atoms with Crippen LogP contribution in [0.1, 0.15) is 13.3 Å². The zero-order valence-corrected chi connectivity index (χ0v) is 13.1. The van der Waals surface area contributed by atoms with Gasteiger partial charge in [-0.15, -0.1) is 11.8 Å². The number of anilines is 1. The van der Waals surface area contributed by atoms with E-state index >= 15 is 0 Å². The summed E-state index contributed by atoms with van der Waals surface area (Å²) in [6.07, 6.45) is 1.09. The number of benzene rings is 1. The number of nitrogens with zero attached hydrogens (tertiary/aromatic N) is 1. The van der Waals surface area contributed by atoms with Crippen LogP contribution < -0.4 is 5.32 Å². The Balaban J connectivity index is 2.04. The van der Waals surface area contributed by atoms with E-state index in [2.05, 4.69) is 12.2 Å². The normalized spacial score (nSPS) is 18.6. The fraction of sp³-hybridized carbons (Fsp3) is 0.533. The minimum absolute atomic E-state index is 0.0837. The molecule has 0 radical (unpaired) electrons. The first-order valence-electron chi connectivity index (χ1n) is 7.24. The van der Waals surface area contributed by atoms with Crippen molar-refractivity contribution in [1.29, 1.82) is 0 Å². The van der Waals surface area contributed by atoms with Gasteiger partial charge < -0.3 is 20.1 Å². The molecular formula is C15H22N2O3S. The van der Waals surface area contributed by atoms with Gasteiger partial charge in [-0.3, -0.25) is 0 Å². The summed E-state index contributed by atoms with van der Waals surface area (Å²) in [5.74, 6) is 1.02. The number of ether oxygens (including phenoxy) is 1. The average Bonchev–Trinajstić information content (AvgIpc) is 2.54. The topological polar surface area (TPSA) is 61.8 Å². The van der Waals surface area contributed by atoms with Crippen LogP contribution in [0.15, 0.2) is 29.2 Å². The lowest BCUT2D eigenvalue weighted by Crippen LogP contribution is -2.52. The SMILES string of the molecule is CCCSc1ccccc1NC(=O)N1CCOC[C@@H]1CO. The van der Waals surface area contributed by atoms with Crippen molar-refractivity contribution in [1.82, 2.24) is 4.90 Å². The molecule has 0 spiro atoms. The third-order valence-corrected chi connectivity index (χ3v) is 4.57. The van der Waals surface area contributed by atoms with Gasteiger partial charge >= 0.3 is 6.03 Å². The molecule has 1 aliphatic rings. The standard InChI is InChI=1S/C15H22N2O3S/c1-2-9-21-14-6-4-3-5-13(14)16-15(19)17-7-8-20-11-12(17)10-18/h3-6,12,18H,2,7-11H2,1H3,(H,16,19)/t12-/m0/s1. The van der Waals surface area contributed by atoms with Gasteiger partial charge in [0.15, 0.2) is 0 Å². The van der Waals surface area contributed by atoms with E-state index in [9.17, 15) is 9.90 Å². The third-order valence-electron chi connectivity index (χ3n) is 3.29. The second-order valence-corrected chi connectivity index (χ2v) is 6.02. The number of rotatable bonds is 5. The molecular weight excluding hydrogens is 288 g/mol. The van der Waals surface area contributed by atoms with Gasteiger partial charge in [-0.1, -0.05) is 19.1 Å². The summed E-state index contributed by atoms with van der Waals surface area (Å²) in [6.45, 7) is 3.45. The van der Waals surface area contributed by atoms with Crippen LogP contribution in [0.5, 0.6) is 0 Å². The van der Waals surface area contributed by atoms with Gasteiger partial charge in [-0.25, -0.2) is 4.79 Å². The van der Waals surface area contributed by atoms with E-state index in [1.165, 1.54) is 0 Å². The second kappa shape index (κ2) is 8.26. The molecule has 6 heteroatoms. The summed E-state index contributed by atoms with van der Waals surface area (Å²) in [4.78, 5) is 15.1. The van der Waals surface area contributed by atoms with E-state index < -0.39 is 0 Å². The lowest BCUT2D eigenvalue weighted by Gasteiger charge is -2.34. The second-order valence-electron chi connectivity index (χ2n) is 4.88. The maximum Gasteiger partial charge on any atom is 0.322 e. The highest BCUT2D eigenvalue weighted by atomic mass is 32.2. The van der Waals surface area contributed by atoms with Crippen LogP contribution in [0, 0.1) is 0 Å². The summed E-state index contributed by atoms with van der Waals surface area (Å²) in [5.41, 5.74) is 0.823. The van der Waals surface area contributed by atoms with E-state index in [1.807, 2.05) is 24.3 Å². The highest BCUT2D eigenvalue weighted by Gasteiger charge is 2.27. The minimum atomic E-state index is -0.269. The molecule has 1 atom stereocenters. The van der Waals surface area contributed by atoms with Crippen LogP contribution in [-0.2, 0) is 4.74 Å². The lowest BCUT2D eigenvalue weighted by atomic mass is 10.2. The molecule has 1 fully saturated rings. The molecule has 2 rings (SSSR count). The number of urea groups is 1. The molecule has 116 valence electrons. The van der Waals surface area contributed by atoms with E-state index in [4.69, 9.17) is 4.74 Å². The summed E-state index contributed by atoms with van der Waals surface area (Å²) in [6, 6.07) is 7.35. The summed E-state index contributed by atoms with van der Waals surface area (Å²) in [5, 5.41) is 12.3. The van der Waals surface area contributed by atoms with Gasteiger partial charge in [-0.2, -0.15) is 0 Å². The van der Waals surface area contributed by atoms with E-state index in [1.54, 1.807) is 16.7 Å². The van der Waals surface area contributed by atoms with Gasteiger partial charge in [0.25, 0.3) is 0 Å². The van der Waals surface area contributed by atoms with Crippen LogP contribution >= 0.6 is 11.8 Å². The minimum Gasteiger partial charge on any atom is -0.394 e. The zero-order valence-electron chi connectivity index (χ0n) is 12.2. The first kappa shape index (κ1) is 16.1. The summed E-state index contributed by atoms with van der Waals surface area (Å²) < 4.78 is 5.29. The average molecular weight is 310 g/mol. The fourth-order valence-electron chi connectivity index (χ4n) is 2.17. The fourth-order valence-corrected chi connectivity index (χ4v) is 3.04. The monoisotopic (exact) mass is 310 g/mol. The van der Waals surface area contributed by atoms with Gasteiger partial charge in [0.2, 0.25) is 0 Å². The molecule has 0 bridgehead atoms. The summed E-state index contributed by atoms with van der Waals surface area (Å²) >= 11 is 1.73. The van der Waals surface area contributed by atoms with Crippen molar-refractivity contribution in [3.8, 4) is 0 Å². The molecule has 1 aromatic carbocycles. The largest absolute Gasteiger partial charge is 0.394 e. The Labute approximate surface area is 129 Å². The Morgan fingerprint density at radius 3 is 3.10 bits per heavy atom. The quantitative estimate of drug-likeness (QED) is 0.820. The van der Waals surface area contributed by atoms with Gasteiger partial charge in [0.1, 0.15) is 0 Å². The summed E-state index contributed by atoms with van der Waals surface area (Å²) in [7, 11) is 0. The number of hydrogen-bond acceptors (Lipinski definition) is 4. The smallest absolute Gasteiger partial charge is 0.322 e. The molecule has 1 aliphatic heterocycles. The van der Waals surface area contributed by atoms with E-state index in [0.29, 0.717) is 19.8 Å². The Morgan fingerprint density at radius 1 is 1.52 bits per heavy atom. The molecule has 1 saturated heterocycles. The van der Waals surface area contributed by atoms with Crippen molar-refractivity contribution in [2.75, 3.05) is 37.4 Å². The molecule has 2 N–H and O–H groups in total. The number of carbonyl (C=O) groups is 1. The molecule has 0 aliphatic carbocycles. The number of aliphatic hydroxyl groups excluding tert-OH is 1. The molecule has 1 aromatic rings. The molecule has 0 aromatic heterocycles. The molecule has 1 heterocycles. The third kappa shape index (κ3) is 4.36. The highest BCUT2D eigenvalue weighted by molar-refractivity contribution is 7.99. The predicted molar refractivity (Wildman–Crippen MR) is 84.9 cm³/mol. The number of hydrogen-bond donors (Lipinski definition) is 2. The van der Waals surface area contributed by atoms with E-state index in [-0.39, 0.29) is 18.7 Å². The van der Waals surface area contributed by atoms with Crippen molar-refractivity contribution in [2.45, 2.75) is 24.3 Å². The maximum absolute atomic E-state index is 12.4. The molecule has 0 saturated carbocycles. The van der Waals surface area contributed by atoms with Crippen molar-refractivity contribution in [2.24, 2.45) is 0 Å². The highest BCUT2D eigenvalue weighted by Crippen LogP contribution is 2.27. The van der Waals surface area contributed by atoms with Crippen molar-refractivity contribution < 1.29 is 14.6 Å². The Hall–Kier alpha value is -1.24. The van der Waals surface area contributed by atoms with Crippen LogP contribution in [0.4, 0.5) is 10.5 Å². The first-order chi connectivity index (χ1) is 10.3. The Kier molecular flexibility index (Phi) is 6.35. The number of carbonyl (C=O) groups excluding carboxylic acids is 1. The van der Waals surface area contributed by atoms with E-state index in [0.717, 1.165) is 22.8 Å². The first-order valence-corrected chi connectivity index (χ1v) is 8.23. The predicted octanol–water partition coefficient (Wildman–Crippen LogP) is 2.41. The molecule has 5 nitrogen and oxygen atoms in total. The number of para-hydroxylation sites is 1. The van der Waals surface area contributed by atoms with Gasteiger partial charge in [0, 0.05) is 11.4 Å². The van der Waals surface area contributed by atoms with Crippen LogP contribution in [-0.4, -0.2) is 54.2 Å². The molecule has 21 heavy (non-hydrogen) atoms.